The van der Waals surface area contributed by atoms with E-state index in [1.54, 1.807) is 19.9 Å². The fourth-order valence-corrected chi connectivity index (χ4v) is 4.59. The molecule has 2 aromatic rings. The Kier molecular flexibility index (Phi) is 4.26. The van der Waals surface area contributed by atoms with Crippen molar-refractivity contribution in [3.05, 3.63) is 57.1 Å². The fourth-order valence-electron chi connectivity index (χ4n) is 4.59. The van der Waals surface area contributed by atoms with Gasteiger partial charge in [0.1, 0.15) is 11.9 Å². The van der Waals surface area contributed by atoms with E-state index in [-0.39, 0.29) is 40.2 Å². The molecule has 2 aliphatic rings. The summed E-state index contributed by atoms with van der Waals surface area (Å²) in [5, 5.41) is 11.1. The Balaban J connectivity index is 2.09. The monoisotopic (exact) mass is 398 g/mol. The van der Waals surface area contributed by atoms with Gasteiger partial charge in [-0.1, -0.05) is 19.1 Å². The molecule has 0 fully saturated rings. The Labute approximate surface area is 166 Å². The highest BCUT2D eigenvalue weighted by molar-refractivity contribution is 6.31. The van der Waals surface area contributed by atoms with E-state index in [4.69, 9.17) is 32.9 Å². The first-order valence-corrected chi connectivity index (χ1v) is 9.07. The molecule has 0 aliphatic heterocycles. The second kappa shape index (κ2) is 6.34. The van der Waals surface area contributed by atoms with Crippen LogP contribution in [0.25, 0.3) is 0 Å². The Morgan fingerprint density at radius 1 is 1.07 bits per heavy atom. The lowest BCUT2D eigenvalue weighted by molar-refractivity contribution is 0.0161. The van der Waals surface area contributed by atoms with Gasteiger partial charge in [-0.15, -0.1) is 0 Å². The van der Waals surface area contributed by atoms with Crippen LogP contribution in [-0.2, 0) is 4.84 Å². The van der Waals surface area contributed by atoms with Crippen LogP contribution in [0, 0.1) is 6.92 Å². The van der Waals surface area contributed by atoms with Gasteiger partial charge in [-0.2, -0.15) is 5.90 Å². The molecule has 0 spiro atoms. The lowest BCUT2D eigenvalue weighted by Crippen LogP contribution is -2.57. The van der Waals surface area contributed by atoms with Crippen molar-refractivity contribution in [2.45, 2.75) is 38.0 Å². The van der Waals surface area contributed by atoms with Gasteiger partial charge in [0.25, 0.3) is 0 Å². The second-order valence-electron chi connectivity index (χ2n) is 7.67. The van der Waals surface area contributed by atoms with Gasteiger partial charge in [-0.3, -0.25) is 14.4 Å². The number of phenols is 1. The van der Waals surface area contributed by atoms with Crippen LogP contribution in [0.2, 0.25) is 0 Å². The Morgan fingerprint density at radius 2 is 1.76 bits per heavy atom. The fraction of sp³-hybridized carbons (Fsp3) is 0.300. The molecule has 29 heavy (non-hydrogen) atoms. The highest BCUT2D eigenvalue weighted by Crippen LogP contribution is 2.51. The first-order valence-electron chi connectivity index (χ1n) is 9.07. The van der Waals surface area contributed by atoms with E-state index >= 15 is 0 Å². The summed E-state index contributed by atoms with van der Waals surface area (Å²) in [6, 6.07) is 4.56. The molecule has 2 unspecified atom stereocenters. The summed E-state index contributed by atoms with van der Waals surface area (Å²) in [6.07, 6.45) is -0.718. The van der Waals surface area contributed by atoms with Crippen LogP contribution in [0.1, 0.15) is 73.9 Å². The molecule has 0 radical (unpaired) electrons. The van der Waals surface area contributed by atoms with Crippen molar-refractivity contribution in [3.63, 3.8) is 0 Å². The average Bonchev–Trinajstić information content (AvgIpc) is 2.69. The number of ketones is 2. The first kappa shape index (κ1) is 19.5. The SMILES string of the molecule is Cc1c2c(c(O)c3c1C(C)C(N)(N)CC3ON)C(=O)c1c(ON)cccc1C2=O. The van der Waals surface area contributed by atoms with Gasteiger partial charge >= 0.3 is 0 Å². The summed E-state index contributed by atoms with van der Waals surface area (Å²) in [4.78, 5) is 36.5. The van der Waals surface area contributed by atoms with Gasteiger partial charge in [0.2, 0.25) is 5.78 Å². The van der Waals surface area contributed by atoms with Crippen molar-refractivity contribution in [2.24, 2.45) is 23.3 Å². The number of fused-ring (bicyclic) bond motifs is 3. The minimum atomic E-state index is -1.18. The van der Waals surface area contributed by atoms with E-state index < -0.39 is 29.3 Å². The standard InChI is InChI=1S/C20H22N4O5/c1-7-12-8(2)20(21,22)6-11(29-24)15(12)19(27)16-13(7)17(25)9-4-3-5-10(28-23)14(9)18(16)26/h3-5,8,11,27H,6,21-24H2,1-2H3. The summed E-state index contributed by atoms with van der Waals surface area (Å²) in [6.45, 7) is 3.50. The Morgan fingerprint density at radius 3 is 2.38 bits per heavy atom. The summed E-state index contributed by atoms with van der Waals surface area (Å²) in [5.41, 5.74) is 12.8. The van der Waals surface area contributed by atoms with Crippen molar-refractivity contribution < 1.29 is 24.4 Å². The number of hydrogen-bond acceptors (Lipinski definition) is 9. The summed E-state index contributed by atoms with van der Waals surface area (Å²) in [7, 11) is 0. The third-order valence-electron chi connectivity index (χ3n) is 6.15. The summed E-state index contributed by atoms with van der Waals surface area (Å²) in [5.74, 6) is 8.99. The van der Waals surface area contributed by atoms with E-state index in [0.29, 0.717) is 16.7 Å². The zero-order valence-electron chi connectivity index (χ0n) is 16.0. The van der Waals surface area contributed by atoms with Gasteiger partial charge in [0.15, 0.2) is 11.5 Å². The van der Waals surface area contributed by atoms with Crippen molar-refractivity contribution >= 4 is 11.6 Å². The van der Waals surface area contributed by atoms with Crippen LogP contribution in [0.5, 0.6) is 11.5 Å². The van der Waals surface area contributed by atoms with Gasteiger partial charge < -0.3 is 21.4 Å². The lowest BCUT2D eigenvalue weighted by atomic mass is 9.69. The quantitative estimate of drug-likeness (QED) is 0.308. The molecule has 152 valence electrons. The number of rotatable bonds is 2. The van der Waals surface area contributed by atoms with Crippen LogP contribution >= 0.6 is 0 Å². The second-order valence-corrected chi connectivity index (χ2v) is 7.67. The molecular weight excluding hydrogens is 376 g/mol. The van der Waals surface area contributed by atoms with E-state index in [1.807, 2.05) is 0 Å². The molecule has 2 atom stereocenters. The van der Waals surface area contributed by atoms with Gasteiger partial charge in [-0.25, -0.2) is 5.90 Å². The number of carbonyl (C=O) groups is 2. The number of nitrogens with two attached hydrogens (primary N) is 4. The van der Waals surface area contributed by atoms with E-state index in [2.05, 4.69) is 0 Å². The Bertz CT molecular complexity index is 1080. The summed E-state index contributed by atoms with van der Waals surface area (Å²) >= 11 is 0. The van der Waals surface area contributed by atoms with E-state index in [9.17, 15) is 14.7 Å². The van der Waals surface area contributed by atoms with Crippen molar-refractivity contribution in [1.82, 2.24) is 0 Å². The van der Waals surface area contributed by atoms with Gasteiger partial charge in [0, 0.05) is 29.0 Å². The average molecular weight is 398 g/mol. The molecule has 2 aromatic carbocycles. The first-order chi connectivity index (χ1) is 13.7. The highest BCUT2D eigenvalue weighted by Gasteiger charge is 2.46. The van der Waals surface area contributed by atoms with Crippen LogP contribution < -0.4 is 28.1 Å². The van der Waals surface area contributed by atoms with Gasteiger partial charge in [0.05, 0.1) is 16.8 Å². The van der Waals surface area contributed by atoms with Crippen LogP contribution in [-0.4, -0.2) is 22.3 Å². The molecule has 4 rings (SSSR count). The number of carbonyl (C=O) groups excluding carboxylic acids is 2. The minimum absolute atomic E-state index is 0.00298. The van der Waals surface area contributed by atoms with Crippen molar-refractivity contribution in [3.8, 4) is 11.5 Å². The zero-order valence-corrected chi connectivity index (χ0v) is 16.0. The maximum Gasteiger partial charge on any atom is 0.202 e. The molecule has 0 amide bonds. The lowest BCUT2D eigenvalue weighted by Gasteiger charge is -2.42. The zero-order chi connectivity index (χ0) is 21.2. The predicted octanol–water partition coefficient (Wildman–Crippen LogP) is 0.781. The molecule has 0 saturated carbocycles. The number of benzene rings is 2. The molecule has 0 aromatic heterocycles. The van der Waals surface area contributed by atoms with E-state index in [1.165, 1.54) is 12.1 Å². The normalized spacial score (nSPS) is 22.0. The van der Waals surface area contributed by atoms with E-state index in [0.717, 1.165) is 0 Å². The van der Waals surface area contributed by atoms with Gasteiger partial charge in [-0.05, 0) is 24.1 Å². The Hall–Kier alpha value is -2.82. The number of phenolic OH excluding ortho intramolecular Hbond substituents is 1. The molecule has 0 heterocycles. The molecule has 9 heteroatoms. The molecule has 0 saturated heterocycles. The van der Waals surface area contributed by atoms with Crippen LogP contribution in [0.3, 0.4) is 0 Å². The maximum atomic E-state index is 13.3. The molecule has 0 bridgehead atoms. The largest absolute Gasteiger partial charge is 0.507 e. The molecule has 9 N–H and O–H groups in total. The highest BCUT2D eigenvalue weighted by atomic mass is 16.6. The third-order valence-corrected chi connectivity index (χ3v) is 6.15. The third kappa shape index (κ3) is 2.46. The number of aromatic hydroxyl groups is 1. The predicted molar refractivity (Wildman–Crippen MR) is 103 cm³/mol. The summed E-state index contributed by atoms with van der Waals surface area (Å²) < 4.78 is 0. The minimum Gasteiger partial charge on any atom is -0.507 e. The molecule has 9 nitrogen and oxygen atoms in total. The van der Waals surface area contributed by atoms with Crippen LogP contribution in [0.4, 0.5) is 0 Å². The van der Waals surface area contributed by atoms with Crippen molar-refractivity contribution in [1.29, 1.82) is 0 Å². The van der Waals surface area contributed by atoms with Crippen molar-refractivity contribution in [2.75, 3.05) is 0 Å². The van der Waals surface area contributed by atoms with Crippen LogP contribution in [0.15, 0.2) is 18.2 Å². The number of hydrogen-bond donors (Lipinski definition) is 5. The molecular formula is C20H22N4O5. The topological polar surface area (TPSA) is 177 Å². The maximum absolute atomic E-state index is 13.3. The smallest absolute Gasteiger partial charge is 0.202 e. The molecule has 2 aliphatic carbocycles.